The van der Waals surface area contributed by atoms with E-state index < -0.39 is 0 Å². The lowest BCUT2D eigenvalue weighted by atomic mass is 10.1. The average molecular weight is 344 g/mol. The van der Waals surface area contributed by atoms with Gasteiger partial charge < -0.3 is 9.64 Å². The maximum Gasteiger partial charge on any atom is 0.254 e. The lowest BCUT2D eigenvalue weighted by molar-refractivity contribution is -0.00679. The molecule has 0 unspecified atom stereocenters. The highest BCUT2D eigenvalue weighted by atomic mass is 32.1. The number of aryl methyl sites for hydroxylation is 1. The number of thiophene rings is 1. The predicted molar refractivity (Wildman–Crippen MR) is 96.3 cm³/mol. The van der Waals surface area contributed by atoms with Crippen LogP contribution >= 0.6 is 11.3 Å². The molecule has 1 aliphatic heterocycles. The Kier molecular flexibility index (Phi) is 5.99. The maximum absolute atomic E-state index is 12.7. The number of aromatic nitrogens is 1. The Balaban J connectivity index is 1.55. The minimum absolute atomic E-state index is 0.108. The number of piperidine rings is 1. The maximum atomic E-state index is 12.7. The van der Waals surface area contributed by atoms with Gasteiger partial charge in [0.15, 0.2) is 0 Å². The van der Waals surface area contributed by atoms with Crippen molar-refractivity contribution in [3.63, 3.8) is 0 Å². The molecule has 24 heavy (non-hydrogen) atoms. The van der Waals surface area contributed by atoms with Gasteiger partial charge in [-0.25, -0.2) is 0 Å². The molecule has 0 aromatic carbocycles. The Bertz CT molecular complexity index is 656. The molecule has 3 rings (SSSR count). The fourth-order valence-electron chi connectivity index (χ4n) is 3.01. The molecule has 0 aliphatic carbocycles. The number of hydrogen-bond donors (Lipinski definition) is 0. The van der Waals surface area contributed by atoms with E-state index in [1.165, 1.54) is 4.88 Å². The molecule has 1 fully saturated rings. The second-order valence-corrected chi connectivity index (χ2v) is 7.24. The summed E-state index contributed by atoms with van der Waals surface area (Å²) in [5.74, 6) is 0.142. The zero-order chi connectivity index (χ0) is 16.8. The van der Waals surface area contributed by atoms with Gasteiger partial charge in [-0.2, -0.15) is 0 Å². The molecule has 1 saturated heterocycles. The van der Waals surface area contributed by atoms with Crippen LogP contribution in [0.25, 0.3) is 0 Å². The van der Waals surface area contributed by atoms with Gasteiger partial charge in [0, 0.05) is 35.7 Å². The molecule has 0 saturated carbocycles. The summed E-state index contributed by atoms with van der Waals surface area (Å²) in [6.45, 7) is 4.22. The monoisotopic (exact) mass is 344 g/mol. The first-order valence-corrected chi connectivity index (χ1v) is 9.51. The van der Waals surface area contributed by atoms with Crippen LogP contribution < -0.4 is 0 Å². The molecule has 2 aromatic heterocycles. The summed E-state index contributed by atoms with van der Waals surface area (Å²) in [6, 6.07) is 5.98. The van der Waals surface area contributed by atoms with Gasteiger partial charge in [0.2, 0.25) is 0 Å². The molecule has 5 heteroatoms. The van der Waals surface area contributed by atoms with Crippen molar-refractivity contribution in [2.45, 2.75) is 45.3 Å². The molecule has 0 spiro atoms. The third-order valence-corrected chi connectivity index (χ3v) is 5.27. The van der Waals surface area contributed by atoms with Crippen molar-refractivity contribution in [2.75, 3.05) is 13.1 Å². The van der Waals surface area contributed by atoms with E-state index in [-0.39, 0.29) is 12.0 Å². The van der Waals surface area contributed by atoms with Crippen molar-refractivity contribution in [2.24, 2.45) is 0 Å². The van der Waals surface area contributed by atoms with Crippen LogP contribution in [0.2, 0.25) is 0 Å². The van der Waals surface area contributed by atoms with Crippen molar-refractivity contribution in [1.29, 1.82) is 0 Å². The van der Waals surface area contributed by atoms with Gasteiger partial charge in [-0.3, -0.25) is 9.78 Å². The Morgan fingerprint density at radius 1 is 1.50 bits per heavy atom. The fraction of sp³-hybridized carbons (Fsp3) is 0.474. The van der Waals surface area contributed by atoms with E-state index in [1.807, 2.05) is 28.6 Å². The van der Waals surface area contributed by atoms with Gasteiger partial charge in [0.25, 0.3) is 5.91 Å². The SMILES string of the molecule is CCCc1cc(C(=O)N2CCC[C@H](OCc3cccnc3)C2)cs1. The van der Waals surface area contributed by atoms with Crippen LogP contribution in [0.5, 0.6) is 0 Å². The van der Waals surface area contributed by atoms with E-state index in [0.717, 1.165) is 43.4 Å². The zero-order valence-corrected chi connectivity index (χ0v) is 14.9. The number of ether oxygens (including phenoxy) is 1. The van der Waals surface area contributed by atoms with Crippen LogP contribution in [-0.4, -0.2) is 35.0 Å². The smallest absolute Gasteiger partial charge is 0.254 e. The molecule has 0 bridgehead atoms. The molecule has 1 atom stereocenters. The third kappa shape index (κ3) is 4.42. The van der Waals surface area contributed by atoms with Crippen LogP contribution in [0.15, 0.2) is 36.0 Å². The van der Waals surface area contributed by atoms with Crippen LogP contribution in [0.4, 0.5) is 0 Å². The number of hydrogen-bond acceptors (Lipinski definition) is 4. The van der Waals surface area contributed by atoms with Gasteiger partial charge >= 0.3 is 0 Å². The molecule has 3 heterocycles. The van der Waals surface area contributed by atoms with Crippen LogP contribution in [-0.2, 0) is 17.8 Å². The molecule has 2 aromatic rings. The van der Waals surface area contributed by atoms with Crippen molar-refractivity contribution in [3.05, 3.63) is 52.0 Å². The molecule has 1 amide bonds. The van der Waals surface area contributed by atoms with Gasteiger partial charge in [-0.05, 0) is 37.0 Å². The molecular formula is C19H24N2O2S. The second-order valence-electron chi connectivity index (χ2n) is 6.24. The number of nitrogens with zero attached hydrogens (tertiary/aromatic N) is 2. The fourth-order valence-corrected chi connectivity index (χ4v) is 3.97. The molecule has 4 nitrogen and oxygen atoms in total. The molecule has 0 radical (unpaired) electrons. The highest BCUT2D eigenvalue weighted by Gasteiger charge is 2.25. The number of rotatable bonds is 6. The highest BCUT2D eigenvalue weighted by molar-refractivity contribution is 7.10. The predicted octanol–water partition coefficient (Wildman–Crippen LogP) is 3.92. The number of pyridine rings is 1. The molecular weight excluding hydrogens is 320 g/mol. The summed E-state index contributed by atoms with van der Waals surface area (Å²) < 4.78 is 6.00. The third-order valence-electron chi connectivity index (χ3n) is 4.27. The summed E-state index contributed by atoms with van der Waals surface area (Å²) in [5.41, 5.74) is 1.90. The van der Waals surface area contributed by atoms with Crippen LogP contribution in [0.1, 0.15) is 47.0 Å². The van der Waals surface area contributed by atoms with E-state index >= 15 is 0 Å². The number of carbonyl (C=O) groups excluding carboxylic acids is 1. The van der Waals surface area contributed by atoms with Gasteiger partial charge in [-0.1, -0.05) is 19.4 Å². The largest absolute Gasteiger partial charge is 0.372 e. The van der Waals surface area contributed by atoms with E-state index in [1.54, 1.807) is 17.5 Å². The standard InChI is InChI=1S/C19H24N2O2S/c1-2-5-18-10-16(14-24-18)19(22)21-9-4-7-17(12-21)23-13-15-6-3-8-20-11-15/h3,6,8,10-11,14,17H,2,4-5,7,9,12-13H2,1H3/t17-/m0/s1. The topological polar surface area (TPSA) is 42.4 Å². The van der Waals surface area contributed by atoms with Crippen LogP contribution in [0.3, 0.4) is 0 Å². The molecule has 0 N–H and O–H groups in total. The van der Waals surface area contributed by atoms with Crippen molar-refractivity contribution in [1.82, 2.24) is 9.88 Å². The Morgan fingerprint density at radius 3 is 3.21 bits per heavy atom. The quantitative estimate of drug-likeness (QED) is 0.798. The lowest BCUT2D eigenvalue weighted by Gasteiger charge is -2.32. The minimum atomic E-state index is 0.108. The van der Waals surface area contributed by atoms with Crippen molar-refractivity contribution >= 4 is 17.2 Å². The summed E-state index contributed by atoms with van der Waals surface area (Å²) in [6.07, 6.45) is 7.86. The van der Waals surface area contributed by atoms with Crippen LogP contribution in [0, 0.1) is 0 Å². The summed E-state index contributed by atoms with van der Waals surface area (Å²) in [7, 11) is 0. The summed E-state index contributed by atoms with van der Waals surface area (Å²) in [5, 5.41) is 1.99. The van der Waals surface area contributed by atoms with E-state index in [4.69, 9.17) is 4.74 Å². The van der Waals surface area contributed by atoms with Crippen molar-refractivity contribution < 1.29 is 9.53 Å². The highest BCUT2D eigenvalue weighted by Crippen LogP contribution is 2.21. The Hall–Kier alpha value is -1.72. The lowest BCUT2D eigenvalue weighted by Crippen LogP contribution is -2.43. The van der Waals surface area contributed by atoms with Gasteiger partial charge in [0.05, 0.1) is 18.3 Å². The number of amides is 1. The zero-order valence-electron chi connectivity index (χ0n) is 14.1. The normalized spacial score (nSPS) is 17.9. The first kappa shape index (κ1) is 17.1. The summed E-state index contributed by atoms with van der Waals surface area (Å²) >= 11 is 1.69. The minimum Gasteiger partial charge on any atom is -0.372 e. The van der Waals surface area contributed by atoms with E-state index in [9.17, 15) is 4.79 Å². The van der Waals surface area contributed by atoms with E-state index in [2.05, 4.69) is 18.0 Å². The Morgan fingerprint density at radius 2 is 2.42 bits per heavy atom. The Labute approximate surface area is 147 Å². The number of likely N-dealkylation sites (tertiary alicyclic amines) is 1. The van der Waals surface area contributed by atoms with Gasteiger partial charge in [0.1, 0.15) is 0 Å². The first-order chi connectivity index (χ1) is 11.8. The van der Waals surface area contributed by atoms with E-state index in [0.29, 0.717) is 13.2 Å². The molecule has 128 valence electrons. The first-order valence-electron chi connectivity index (χ1n) is 8.63. The van der Waals surface area contributed by atoms with Gasteiger partial charge in [-0.15, -0.1) is 11.3 Å². The molecule has 1 aliphatic rings. The average Bonchev–Trinajstić information content (AvgIpc) is 3.09. The van der Waals surface area contributed by atoms with Crippen molar-refractivity contribution in [3.8, 4) is 0 Å². The second kappa shape index (κ2) is 8.40. The number of carbonyl (C=O) groups is 1. The summed E-state index contributed by atoms with van der Waals surface area (Å²) in [4.78, 5) is 20.0.